The molecule has 0 saturated heterocycles. The molecule has 1 atom stereocenters. The van der Waals surface area contributed by atoms with Crippen molar-refractivity contribution in [3.8, 4) is 0 Å². The minimum atomic E-state index is -0.780. The van der Waals surface area contributed by atoms with Crippen molar-refractivity contribution in [3.05, 3.63) is 23.6 Å². The van der Waals surface area contributed by atoms with Gasteiger partial charge in [0.2, 0.25) is 0 Å². The van der Waals surface area contributed by atoms with Crippen LogP contribution in [0.15, 0.2) is 23.6 Å². The van der Waals surface area contributed by atoms with E-state index in [0.29, 0.717) is 12.2 Å². The Hall–Kier alpha value is -2.06. The second kappa shape index (κ2) is 10.3. The summed E-state index contributed by atoms with van der Waals surface area (Å²) in [6.07, 6.45) is 3.38. The largest absolute Gasteiger partial charge is 0.463 e. The van der Waals surface area contributed by atoms with E-state index in [1.54, 1.807) is 12.2 Å². The monoisotopic (exact) mass is 404 g/mol. The van der Waals surface area contributed by atoms with Gasteiger partial charge in [-0.15, -0.1) is 12.4 Å². The molecule has 1 rings (SSSR count). The molecule has 8 nitrogen and oxygen atoms in total. The molecule has 0 radical (unpaired) electrons. The number of rotatable bonds is 7. The van der Waals surface area contributed by atoms with Crippen LogP contribution in [0.4, 0.5) is 0 Å². The number of nitrogens with one attached hydrogen (secondary N) is 2. The minimum absolute atomic E-state index is 0. The van der Waals surface area contributed by atoms with Crippen molar-refractivity contribution in [3.63, 3.8) is 0 Å². The van der Waals surface area contributed by atoms with Crippen LogP contribution in [0.3, 0.4) is 0 Å². The van der Waals surface area contributed by atoms with E-state index >= 15 is 0 Å². The second-order valence-corrected chi connectivity index (χ2v) is 7.21. The molecule has 1 aliphatic heterocycles. The van der Waals surface area contributed by atoms with Crippen LogP contribution in [0.25, 0.3) is 0 Å². The highest BCUT2D eigenvalue weighted by atomic mass is 35.5. The van der Waals surface area contributed by atoms with Crippen LogP contribution in [0.2, 0.25) is 0 Å². The molecule has 1 aliphatic rings. The van der Waals surface area contributed by atoms with E-state index in [2.05, 4.69) is 10.6 Å². The van der Waals surface area contributed by atoms with E-state index in [1.165, 1.54) is 20.8 Å². The predicted molar refractivity (Wildman–Crippen MR) is 102 cm³/mol. The molecule has 0 saturated carbocycles. The number of carbonyl (C=O) groups is 3. The van der Waals surface area contributed by atoms with Crippen LogP contribution >= 0.6 is 12.4 Å². The van der Waals surface area contributed by atoms with Crippen molar-refractivity contribution in [2.24, 2.45) is 0 Å². The molecule has 9 heteroatoms. The number of halogens is 1. The fraction of sp³-hybridized carbons (Fsp3) is 0.611. The highest BCUT2D eigenvalue weighted by Gasteiger charge is 2.35. The van der Waals surface area contributed by atoms with E-state index in [0.717, 1.165) is 0 Å². The average molecular weight is 405 g/mol. The summed E-state index contributed by atoms with van der Waals surface area (Å²) in [6, 6.07) is 0. The zero-order chi connectivity index (χ0) is 20.0. The number of allylic oxidation sites excluding steroid dienone is 1. The standard InChI is InChI=1S/C18H28N2O6.ClH/c1-12(21)24-9-15-16(26-14(3)23)7-8-18(20-15,11-25-13(2)22)10-19-17(4,5)6;/h7-8,19-20H,9-11H2,1-6H3;1H. The third-order valence-corrected chi connectivity index (χ3v) is 3.39. The number of dihydropyridines is 1. The van der Waals surface area contributed by atoms with Crippen LogP contribution in [-0.4, -0.2) is 48.7 Å². The van der Waals surface area contributed by atoms with Gasteiger partial charge in [0.1, 0.15) is 18.8 Å². The van der Waals surface area contributed by atoms with Crippen LogP contribution in [0.5, 0.6) is 0 Å². The van der Waals surface area contributed by atoms with E-state index in [1.807, 2.05) is 20.8 Å². The summed E-state index contributed by atoms with van der Waals surface area (Å²) in [6.45, 7) is 10.3. The normalized spacial score (nSPS) is 18.9. The van der Waals surface area contributed by atoms with Crippen molar-refractivity contribution in [1.82, 2.24) is 10.6 Å². The zero-order valence-electron chi connectivity index (χ0n) is 16.6. The van der Waals surface area contributed by atoms with Gasteiger partial charge in [-0.25, -0.2) is 0 Å². The first-order valence-corrected chi connectivity index (χ1v) is 8.33. The van der Waals surface area contributed by atoms with Gasteiger partial charge in [0.15, 0.2) is 5.76 Å². The van der Waals surface area contributed by atoms with Crippen molar-refractivity contribution < 1.29 is 28.6 Å². The summed E-state index contributed by atoms with van der Waals surface area (Å²) < 4.78 is 15.4. The van der Waals surface area contributed by atoms with Gasteiger partial charge in [0, 0.05) is 32.9 Å². The maximum atomic E-state index is 11.3. The van der Waals surface area contributed by atoms with Gasteiger partial charge in [-0.2, -0.15) is 0 Å². The molecule has 1 heterocycles. The number of carbonyl (C=O) groups excluding carboxylic acids is 3. The summed E-state index contributed by atoms with van der Waals surface area (Å²) in [5.41, 5.74) is -0.534. The maximum absolute atomic E-state index is 11.3. The SMILES string of the molecule is CC(=O)OCC1=C(OC(C)=O)C=CC(CNC(C)(C)C)(COC(C)=O)N1.Cl. The molecule has 0 aliphatic carbocycles. The van der Waals surface area contributed by atoms with Gasteiger partial charge in [-0.05, 0) is 26.8 Å². The minimum Gasteiger partial charge on any atom is -0.463 e. The topological polar surface area (TPSA) is 103 Å². The van der Waals surface area contributed by atoms with Crippen molar-refractivity contribution in [2.75, 3.05) is 19.8 Å². The molecule has 0 spiro atoms. The Morgan fingerprint density at radius 3 is 2.15 bits per heavy atom. The van der Waals surface area contributed by atoms with Crippen LogP contribution in [0, 0.1) is 0 Å². The number of esters is 3. The van der Waals surface area contributed by atoms with Gasteiger partial charge >= 0.3 is 17.9 Å². The first-order chi connectivity index (χ1) is 11.9. The van der Waals surface area contributed by atoms with E-state index in [-0.39, 0.29) is 36.9 Å². The average Bonchev–Trinajstić information content (AvgIpc) is 2.50. The summed E-state index contributed by atoms with van der Waals surface area (Å²) >= 11 is 0. The van der Waals surface area contributed by atoms with Crippen LogP contribution in [0.1, 0.15) is 41.5 Å². The Morgan fingerprint density at radius 1 is 1.07 bits per heavy atom. The first-order valence-electron chi connectivity index (χ1n) is 8.33. The molecular weight excluding hydrogens is 376 g/mol. The molecule has 154 valence electrons. The fourth-order valence-electron chi connectivity index (χ4n) is 2.16. The summed E-state index contributed by atoms with van der Waals surface area (Å²) in [5.74, 6) is -1.11. The molecule has 27 heavy (non-hydrogen) atoms. The Kier molecular flexibility index (Phi) is 9.53. The van der Waals surface area contributed by atoms with Gasteiger partial charge in [-0.1, -0.05) is 6.08 Å². The molecule has 2 N–H and O–H groups in total. The lowest BCUT2D eigenvalue weighted by atomic mass is 9.94. The first kappa shape index (κ1) is 24.9. The Morgan fingerprint density at radius 2 is 1.67 bits per heavy atom. The second-order valence-electron chi connectivity index (χ2n) is 7.21. The zero-order valence-corrected chi connectivity index (χ0v) is 17.5. The quantitative estimate of drug-likeness (QED) is 0.487. The van der Waals surface area contributed by atoms with Gasteiger partial charge in [0.25, 0.3) is 0 Å². The Bertz CT molecular complexity index is 624. The van der Waals surface area contributed by atoms with Gasteiger partial charge in [-0.3, -0.25) is 14.4 Å². The third kappa shape index (κ3) is 9.44. The van der Waals surface area contributed by atoms with E-state index in [4.69, 9.17) is 14.2 Å². The van der Waals surface area contributed by atoms with Crippen molar-refractivity contribution in [1.29, 1.82) is 0 Å². The predicted octanol–water partition coefficient (Wildman–Crippen LogP) is 1.60. The van der Waals surface area contributed by atoms with E-state index < -0.39 is 23.4 Å². The van der Waals surface area contributed by atoms with E-state index in [9.17, 15) is 14.4 Å². The highest BCUT2D eigenvalue weighted by Crippen LogP contribution is 2.22. The summed E-state index contributed by atoms with van der Waals surface area (Å²) in [5, 5.41) is 6.56. The van der Waals surface area contributed by atoms with Crippen LogP contribution in [-0.2, 0) is 28.6 Å². The molecule has 0 fully saturated rings. The lowest BCUT2D eigenvalue weighted by Crippen LogP contribution is -2.58. The highest BCUT2D eigenvalue weighted by molar-refractivity contribution is 5.85. The molecule has 0 aromatic heterocycles. The lowest BCUT2D eigenvalue weighted by Gasteiger charge is -2.38. The molecule has 0 amide bonds. The fourth-order valence-corrected chi connectivity index (χ4v) is 2.16. The number of hydrogen-bond donors (Lipinski definition) is 2. The lowest BCUT2D eigenvalue weighted by molar-refractivity contribution is -0.142. The van der Waals surface area contributed by atoms with Gasteiger partial charge in [0.05, 0.1) is 5.70 Å². The molecule has 0 aromatic carbocycles. The third-order valence-electron chi connectivity index (χ3n) is 3.39. The van der Waals surface area contributed by atoms with Gasteiger partial charge < -0.3 is 24.8 Å². The summed E-state index contributed by atoms with van der Waals surface area (Å²) in [7, 11) is 0. The molecular formula is C18H29ClN2O6. The molecule has 0 bridgehead atoms. The Labute approximate surface area is 166 Å². The maximum Gasteiger partial charge on any atom is 0.308 e. The van der Waals surface area contributed by atoms with Crippen molar-refractivity contribution in [2.45, 2.75) is 52.6 Å². The summed E-state index contributed by atoms with van der Waals surface area (Å²) in [4.78, 5) is 33.8. The van der Waals surface area contributed by atoms with Crippen LogP contribution < -0.4 is 10.6 Å². The molecule has 0 aromatic rings. The van der Waals surface area contributed by atoms with Crippen molar-refractivity contribution >= 4 is 30.3 Å². The number of ether oxygens (including phenoxy) is 3. The Balaban J connectivity index is 0.00000676. The smallest absolute Gasteiger partial charge is 0.308 e. The molecule has 1 unspecified atom stereocenters. The number of hydrogen-bond acceptors (Lipinski definition) is 8.